The summed E-state index contributed by atoms with van der Waals surface area (Å²) in [5.41, 5.74) is 9.99. The standard InChI is InChI=1S/C17H27NO2/c1-12-7-8-16(13(2)9-12)17(18)11-20-15-6-4-5-14(10-15)19-3/h7-9,14-15,17H,4-6,10-11,18H2,1-3H3. The molecule has 1 aliphatic rings. The molecule has 112 valence electrons. The van der Waals surface area contributed by atoms with Crippen LogP contribution in [0.1, 0.15) is 48.4 Å². The molecular formula is C17H27NO2. The maximum Gasteiger partial charge on any atom is 0.0663 e. The molecule has 0 heterocycles. The van der Waals surface area contributed by atoms with Crippen LogP contribution >= 0.6 is 0 Å². The van der Waals surface area contributed by atoms with Gasteiger partial charge in [0, 0.05) is 7.11 Å². The molecule has 3 nitrogen and oxygen atoms in total. The van der Waals surface area contributed by atoms with Crippen LogP contribution in [-0.4, -0.2) is 25.9 Å². The first-order valence-electron chi connectivity index (χ1n) is 7.57. The average molecular weight is 277 g/mol. The molecule has 1 aromatic carbocycles. The lowest BCUT2D eigenvalue weighted by Crippen LogP contribution is -2.30. The molecule has 2 N–H and O–H groups in total. The van der Waals surface area contributed by atoms with E-state index in [-0.39, 0.29) is 6.04 Å². The van der Waals surface area contributed by atoms with Gasteiger partial charge in [0.2, 0.25) is 0 Å². The van der Waals surface area contributed by atoms with Gasteiger partial charge in [-0.25, -0.2) is 0 Å². The van der Waals surface area contributed by atoms with Crippen LogP contribution in [0.25, 0.3) is 0 Å². The number of ether oxygens (including phenoxy) is 2. The van der Waals surface area contributed by atoms with Crippen LogP contribution in [0.15, 0.2) is 18.2 Å². The largest absolute Gasteiger partial charge is 0.381 e. The zero-order valence-corrected chi connectivity index (χ0v) is 12.9. The molecule has 3 heteroatoms. The SMILES string of the molecule is COC1CCCC(OCC(N)c2ccc(C)cc2C)C1. The summed E-state index contributed by atoms with van der Waals surface area (Å²) in [6.45, 7) is 4.81. The third kappa shape index (κ3) is 4.05. The second-order valence-electron chi connectivity index (χ2n) is 5.95. The van der Waals surface area contributed by atoms with Crippen LogP contribution in [0, 0.1) is 13.8 Å². The van der Waals surface area contributed by atoms with Crippen molar-refractivity contribution < 1.29 is 9.47 Å². The van der Waals surface area contributed by atoms with Crippen LogP contribution in [0.4, 0.5) is 0 Å². The Balaban J connectivity index is 1.86. The Morgan fingerprint density at radius 2 is 2.00 bits per heavy atom. The topological polar surface area (TPSA) is 44.5 Å². The van der Waals surface area contributed by atoms with E-state index in [1.807, 2.05) is 0 Å². The lowest BCUT2D eigenvalue weighted by molar-refractivity contribution is -0.0333. The summed E-state index contributed by atoms with van der Waals surface area (Å²) in [6, 6.07) is 6.37. The van der Waals surface area contributed by atoms with Gasteiger partial charge in [-0.2, -0.15) is 0 Å². The molecule has 0 radical (unpaired) electrons. The second kappa shape index (κ2) is 7.21. The van der Waals surface area contributed by atoms with Crippen molar-refractivity contribution in [2.45, 2.75) is 57.8 Å². The van der Waals surface area contributed by atoms with Gasteiger partial charge < -0.3 is 15.2 Å². The van der Waals surface area contributed by atoms with E-state index in [0.29, 0.717) is 18.8 Å². The van der Waals surface area contributed by atoms with Crippen molar-refractivity contribution in [1.29, 1.82) is 0 Å². The van der Waals surface area contributed by atoms with Crippen LogP contribution in [0.5, 0.6) is 0 Å². The molecule has 1 saturated carbocycles. The van der Waals surface area contributed by atoms with E-state index in [2.05, 4.69) is 32.0 Å². The number of aryl methyl sites for hydroxylation is 2. The normalized spacial score (nSPS) is 24.6. The Labute approximate surface area is 122 Å². The van der Waals surface area contributed by atoms with Crippen LogP contribution in [-0.2, 0) is 9.47 Å². The van der Waals surface area contributed by atoms with Crippen molar-refractivity contribution in [3.8, 4) is 0 Å². The number of nitrogens with two attached hydrogens (primary N) is 1. The fourth-order valence-electron chi connectivity index (χ4n) is 3.04. The molecule has 0 aliphatic heterocycles. The van der Waals surface area contributed by atoms with Gasteiger partial charge in [0.15, 0.2) is 0 Å². The molecule has 2 rings (SSSR count). The quantitative estimate of drug-likeness (QED) is 0.898. The number of methoxy groups -OCH3 is 1. The minimum absolute atomic E-state index is 0.0430. The Morgan fingerprint density at radius 1 is 1.25 bits per heavy atom. The number of benzene rings is 1. The highest BCUT2D eigenvalue weighted by molar-refractivity contribution is 5.32. The van der Waals surface area contributed by atoms with Crippen molar-refractivity contribution >= 4 is 0 Å². The molecule has 0 spiro atoms. The van der Waals surface area contributed by atoms with Gasteiger partial charge in [-0.05, 0) is 50.7 Å². The lowest BCUT2D eigenvalue weighted by Gasteiger charge is -2.29. The summed E-state index contributed by atoms with van der Waals surface area (Å²) in [6.07, 6.45) is 5.10. The van der Waals surface area contributed by atoms with Gasteiger partial charge in [0.1, 0.15) is 0 Å². The molecule has 3 unspecified atom stereocenters. The van der Waals surface area contributed by atoms with Gasteiger partial charge >= 0.3 is 0 Å². The first-order chi connectivity index (χ1) is 9.60. The van der Waals surface area contributed by atoms with E-state index >= 15 is 0 Å². The highest BCUT2D eigenvalue weighted by Gasteiger charge is 2.23. The highest BCUT2D eigenvalue weighted by Crippen LogP contribution is 2.24. The van der Waals surface area contributed by atoms with Crippen LogP contribution < -0.4 is 5.73 Å². The van der Waals surface area contributed by atoms with E-state index in [9.17, 15) is 0 Å². The third-order valence-corrected chi connectivity index (χ3v) is 4.25. The van der Waals surface area contributed by atoms with Gasteiger partial charge in [-0.3, -0.25) is 0 Å². The third-order valence-electron chi connectivity index (χ3n) is 4.25. The molecule has 0 saturated heterocycles. The van der Waals surface area contributed by atoms with E-state index in [0.717, 1.165) is 19.3 Å². The highest BCUT2D eigenvalue weighted by atomic mass is 16.5. The minimum Gasteiger partial charge on any atom is -0.381 e. The molecule has 20 heavy (non-hydrogen) atoms. The molecule has 0 amide bonds. The summed E-state index contributed by atoms with van der Waals surface area (Å²) in [5, 5.41) is 0. The molecular weight excluding hydrogens is 250 g/mol. The van der Waals surface area contributed by atoms with E-state index in [1.54, 1.807) is 7.11 Å². The zero-order valence-electron chi connectivity index (χ0n) is 12.9. The zero-order chi connectivity index (χ0) is 14.5. The van der Waals surface area contributed by atoms with Crippen molar-refractivity contribution in [1.82, 2.24) is 0 Å². The Morgan fingerprint density at radius 3 is 2.70 bits per heavy atom. The van der Waals surface area contributed by atoms with Crippen molar-refractivity contribution in [3.63, 3.8) is 0 Å². The molecule has 1 fully saturated rings. The molecule has 3 atom stereocenters. The molecule has 1 aromatic rings. The fraction of sp³-hybridized carbons (Fsp3) is 0.647. The maximum absolute atomic E-state index is 6.27. The first kappa shape index (κ1) is 15.5. The smallest absolute Gasteiger partial charge is 0.0663 e. The fourth-order valence-corrected chi connectivity index (χ4v) is 3.04. The molecule has 0 aromatic heterocycles. The maximum atomic E-state index is 6.27. The van der Waals surface area contributed by atoms with Crippen molar-refractivity contribution in [2.24, 2.45) is 5.73 Å². The predicted octanol–water partition coefficient (Wildman–Crippen LogP) is 3.28. The second-order valence-corrected chi connectivity index (χ2v) is 5.95. The summed E-state index contributed by atoms with van der Waals surface area (Å²) in [4.78, 5) is 0. The van der Waals surface area contributed by atoms with Gasteiger partial charge in [-0.15, -0.1) is 0 Å². The molecule has 1 aliphatic carbocycles. The first-order valence-corrected chi connectivity index (χ1v) is 7.57. The Kier molecular flexibility index (Phi) is 5.58. The van der Waals surface area contributed by atoms with Gasteiger partial charge in [0.25, 0.3) is 0 Å². The number of hydrogen-bond acceptors (Lipinski definition) is 3. The summed E-state index contributed by atoms with van der Waals surface area (Å²) in [5.74, 6) is 0. The predicted molar refractivity (Wildman–Crippen MR) is 81.8 cm³/mol. The summed E-state index contributed by atoms with van der Waals surface area (Å²) < 4.78 is 11.4. The van der Waals surface area contributed by atoms with E-state index in [4.69, 9.17) is 15.2 Å². The summed E-state index contributed by atoms with van der Waals surface area (Å²) >= 11 is 0. The average Bonchev–Trinajstić information content (AvgIpc) is 2.45. The van der Waals surface area contributed by atoms with Crippen LogP contribution in [0.3, 0.4) is 0 Å². The van der Waals surface area contributed by atoms with Crippen LogP contribution in [0.2, 0.25) is 0 Å². The van der Waals surface area contributed by atoms with Crippen molar-refractivity contribution in [2.75, 3.05) is 13.7 Å². The summed E-state index contributed by atoms with van der Waals surface area (Å²) in [7, 11) is 1.79. The molecule has 0 bridgehead atoms. The van der Waals surface area contributed by atoms with Gasteiger partial charge in [0.05, 0.1) is 24.9 Å². The minimum atomic E-state index is -0.0430. The number of hydrogen-bond donors (Lipinski definition) is 1. The van der Waals surface area contributed by atoms with Gasteiger partial charge in [-0.1, -0.05) is 23.8 Å². The Hall–Kier alpha value is -0.900. The monoisotopic (exact) mass is 277 g/mol. The number of rotatable bonds is 5. The van der Waals surface area contributed by atoms with E-state index < -0.39 is 0 Å². The van der Waals surface area contributed by atoms with Crippen molar-refractivity contribution in [3.05, 3.63) is 34.9 Å². The van der Waals surface area contributed by atoms with E-state index in [1.165, 1.54) is 23.1 Å². The lowest BCUT2D eigenvalue weighted by atomic mass is 9.94. The Bertz CT molecular complexity index is 433.